The van der Waals surface area contributed by atoms with Gasteiger partial charge in [-0.1, -0.05) is 43.7 Å². The molecule has 4 nitrogen and oxygen atoms in total. The fourth-order valence-electron chi connectivity index (χ4n) is 4.07. The van der Waals surface area contributed by atoms with Crippen LogP contribution in [-0.4, -0.2) is 24.0 Å². The van der Waals surface area contributed by atoms with Crippen LogP contribution in [0.1, 0.15) is 91.1 Å². The van der Waals surface area contributed by atoms with Crippen molar-refractivity contribution in [3.63, 3.8) is 0 Å². The van der Waals surface area contributed by atoms with E-state index in [1.54, 1.807) is 13.0 Å². The number of carbonyl (C=O) groups is 3. The minimum absolute atomic E-state index is 0.0142. The maximum absolute atomic E-state index is 12.9. The molecule has 0 aliphatic carbocycles. The van der Waals surface area contributed by atoms with Gasteiger partial charge in [0.1, 0.15) is 18.1 Å². The molecule has 4 heteroatoms. The number of unbranched alkanes of at least 4 members (excludes halogenated alkanes) is 2. The van der Waals surface area contributed by atoms with E-state index in [-0.39, 0.29) is 17.3 Å². The van der Waals surface area contributed by atoms with Gasteiger partial charge in [-0.25, -0.2) is 0 Å². The van der Waals surface area contributed by atoms with Crippen LogP contribution in [0, 0.1) is 0 Å². The van der Waals surface area contributed by atoms with Crippen molar-refractivity contribution in [3.8, 4) is 5.75 Å². The Balaban J connectivity index is 1.91. The monoisotopic (exact) mass is 406 g/mol. The predicted molar refractivity (Wildman–Crippen MR) is 118 cm³/mol. The molecule has 0 bridgehead atoms. The first-order valence-corrected chi connectivity index (χ1v) is 10.8. The van der Waals surface area contributed by atoms with Crippen molar-refractivity contribution in [1.29, 1.82) is 0 Å². The highest BCUT2D eigenvalue weighted by atomic mass is 16.5. The van der Waals surface area contributed by atoms with Crippen LogP contribution in [0.15, 0.2) is 42.5 Å². The van der Waals surface area contributed by atoms with Gasteiger partial charge in [0, 0.05) is 30.4 Å². The molecule has 0 N–H and O–H groups in total. The first kappa shape index (κ1) is 21.9. The normalized spacial score (nSPS) is 17.3. The van der Waals surface area contributed by atoms with E-state index >= 15 is 0 Å². The molecule has 0 spiro atoms. The molecule has 1 aliphatic rings. The summed E-state index contributed by atoms with van der Waals surface area (Å²) in [6.07, 6.45) is 3.75. The van der Waals surface area contributed by atoms with Gasteiger partial charge in [0.15, 0.2) is 11.6 Å². The number of ether oxygens (including phenoxy) is 1. The van der Waals surface area contributed by atoms with Crippen LogP contribution in [0.4, 0.5) is 0 Å². The molecule has 0 saturated heterocycles. The number of hydrogen-bond acceptors (Lipinski definition) is 4. The third-order valence-corrected chi connectivity index (χ3v) is 5.98. The lowest BCUT2D eigenvalue weighted by atomic mass is 9.76. The Morgan fingerprint density at radius 1 is 0.967 bits per heavy atom. The molecule has 1 atom stereocenters. The number of hydrogen-bond donors (Lipinski definition) is 0. The molecule has 0 radical (unpaired) electrons. The Morgan fingerprint density at radius 3 is 2.33 bits per heavy atom. The van der Waals surface area contributed by atoms with Crippen LogP contribution in [0.5, 0.6) is 5.75 Å². The van der Waals surface area contributed by atoms with Gasteiger partial charge >= 0.3 is 0 Å². The second-order valence-electron chi connectivity index (χ2n) is 8.35. The van der Waals surface area contributed by atoms with Crippen molar-refractivity contribution in [1.82, 2.24) is 0 Å². The zero-order valence-electron chi connectivity index (χ0n) is 18.1. The Hall–Kier alpha value is -2.75. The second-order valence-corrected chi connectivity index (χ2v) is 8.35. The fourth-order valence-corrected chi connectivity index (χ4v) is 4.07. The summed E-state index contributed by atoms with van der Waals surface area (Å²) >= 11 is 0. The first-order valence-electron chi connectivity index (χ1n) is 10.8. The molecular weight excluding hydrogens is 376 g/mol. The van der Waals surface area contributed by atoms with E-state index in [4.69, 9.17) is 4.74 Å². The Kier molecular flexibility index (Phi) is 6.86. The van der Waals surface area contributed by atoms with Gasteiger partial charge in [0.25, 0.3) is 0 Å². The molecule has 0 amide bonds. The van der Waals surface area contributed by atoms with Gasteiger partial charge in [-0.15, -0.1) is 0 Å². The highest BCUT2D eigenvalue weighted by molar-refractivity contribution is 6.04. The topological polar surface area (TPSA) is 60.4 Å². The molecular formula is C26H30O4. The first-order chi connectivity index (χ1) is 14.4. The average molecular weight is 407 g/mol. The van der Waals surface area contributed by atoms with Crippen LogP contribution in [0.2, 0.25) is 0 Å². The number of fused-ring (bicyclic) bond motifs is 1. The summed E-state index contributed by atoms with van der Waals surface area (Å²) < 4.78 is 6.03. The number of benzene rings is 2. The lowest BCUT2D eigenvalue weighted by Crippen LogP contribution is -2.25. The van der Waals surface area contributed by atoms with Crippen molar-refractivity contribution in [2.45, 2.75) is 64.7 Å². The molecule has 0 fully saturated rings. The Labute approximate surface area is 178 Å². The summed E-state index contributed by atoms with van der Waals surface area (Å²) in [4.78, 5) is 36.6. The number of rotatable bonds is 10. The smallest absolute Gasteiger partial charge is 0.166 e. The predicted octanol–water partition coefficient (Wildman–Crippen LogP) is 5.70. The molecule has 1 unspecified atom stereocenters. The van der Waals surface area contributed by atoms with Gasteiger partial charge in [-0.3, -0.25) is 9.59 Å². The van der Waals surface area contributed by atoms with Crippen molar-refractivity contribution < 1.29 is 19.1 Å². The molecule has 30 heavy (non-hydrogen) atoms. The van der Waals surface area contributed by atoms with Crippen LogP contribution in [0.3, 0.4) is 0 Å². The van der Waals surface area contributed by atoms with E-state index in [2.05, 4.69) is 19.1 Å². The minimum atomic E-state index is -0.406. The van der Waals surface area contributed by atoms with E-state index in [9.17, 15) is 14.4 Å². The zero-order chi connectivity index (χ0) is 21.7. The van der Waals surface area contributed by atoms with Gasteiger partial charge in [-0.05, 0) is 44.4 Å². The van der Waals surface area contributed by atoms with Crippen LogP contribution < -0.4 is 4.74 Å². The summed E-state index contributed by atoms with van der Waals surface area (Å²) in [5.74, 6) is 0.821. The van der Waals surface area contributed by atoms with E-state index < -0.39 is 5.41 Å². The van der Waals surface area contributed by atoms with Crippen LogP contribution >= 0.6 is 0 Å². The summed E-state index contributed by atoms with van der Waals surface area (Å²) in [6.45, 7) is 5.96. The van der Waals surface area contributed by atoms with Crippen molar-refractivity contribution in [2.24, 2.45) is 0 Å². The van der Waals surface area contributed by atoms with Crippen molar-refractivity contribution in [3.05, 3.63) is 64.7 Å². The lowest BCUT2D eigenvalue weighted by molar-refractivity contribution is -0.117. The van der Waals surface area contributed by atoms with Gasteiger partial charge in [0.05, 0.1) is 11.0 Å². The van der Waals surface area contributed by atoms with E-state index in [0.717, 1.165) is 30.4 Å². The van der Waals surface area contributed by atoms with E-state index in [1.807, 2.05) is 31.2 Å². The SMILES string of the molecule is CCC(=O)c1cc(C(=O)CCCCCC(C)=O)cc2c1OCC2(C)c1ccccc1. The highest BCUT2D eigenvalue weighted by Crippen LogP contribution is 2.46. The summed E-state index contributed by atoms with van der Waals surface area (Å²) in [5, 5.41) is 0. The molecule has 158 valence electrons. The van der Waals surface area contributed by atoms with Crippen molar-refractivity contribution >= 4 is 17.3 Å². The molecule has 2 aromatic carbocycles. The summed E-state index contributed by atoms with van der Waals surface area (Å²) in [6, 6.07) is 13.7. The molecule has 0 saturated carbocycles. The highest BCUT2D eigenvalue weighted by Gasteiger charge is 2.40. The number of ketones is 3. The maximum atomic E-state index is 12.9. The van der Waals surface area contributed by atoms with E-state index in [0.29, 0.717) is 42.7 Å². The maximum Gasteiger partial charge on any atom is 0.166 e. The molecule has 3 rings (SSSR count). The number of Topliss-reactive ketones (excluding diaryl/α,β-unsaturated/α-hetero) is 3. The average Bonchev–Trinajstić information content (AvgIpc) is 3.10. The Morgan fingerprint density at radius 2 is 1.67 bits per heavy atom. The Bertz CT molecular complexity index is 945. The third-order valence-electron chi connectivity index (χ3n) is 5.98. The largest absolute Gasteiger partial charge is 0.491 e. The third kappa shape index (κ3) is 4.53. The van der Waals surface area contributed by atoms with Gasteiger partial charge in [-0.2, -0.15) is 0 Å². The minimum Gasteiger partial charge on any atom is -0.491 e. The standard InChI is InChI=1S/C26H30O4/c1-4-23(28)21-15-19(24(29)14-10-5-7-11-18(2)27)16-22-25(21)30-17-26(22,3)20-12-8-6-9-13-20/h6,8-9,12-13,15-16H,4-5,7,10-11,14,17H2,1-3H3. The molecule has 1 heterocycles. The van der Waals surface area contributed by atoms with E-state index in [1.165, 1.54) is 0 Å². The van der Waals surface area contributed by atoms with Crippen LogP contribution in [0.25, 0.3) is 0 Å². The quantitative estimate of drug-likeness (QED) is 0.375. The summed E-state index contributed by atoms with van der Waals surface area (Å²) in [5.41, 5.74) is 2.69. The van der Waals surface area contributed by atoms with Crippen LogP contribution in [-0.2, 0) is 10.2 Å². The summed E-state index contributed by atoms with van der Waals surface area (Å²) in [7, 11) is 0. The molecule has 2 aromatic rings. The molecule has 0 aromatic heterocycles. The second kappa shape index (κ2) is 9.38. The van der Waals surface area contributed by atoms with Gasteiger partial charge in [0.2, 0.25) is 0 Å². The molecule has 1 aliphatic heterocycles. The fraction of sp³-hybridized carbons (Fsp3) is 0.423. The van der Waals surface area contributed by atoms with Crippen molar-refractivity contribution in [2.75, 3.05) is 6.61 Å². The van der Waals surface area contributed by atoms with Gasteiger partial charge < -0.3 is 9.53 Å². The number of carbonyl (C=O) groups excluding carboxylic acids is 3. The zero-order valence-corrected chi connectivity index (χ0v) is 18.1. The lowest BCUT2D eigenvalue weighted by Gasteiger charge is -2.24.